The van der Waals surface area contributed by atoms with Crippen LogP contribution in [0.3, 0.4) is 0 Å². The van der Waals surface area contributed by atoms with Gasteiger partial charge < -0.3 is 5.32 Å². The standard InChI is InChI=1S/C12H14Cl2N4O2S/c1-7-8(6-15-2)12(17-16-7)21(19,20)18-11-9(13)4-3-5-10(11)14/h3-5,15,18H,6H2,1-2H3,(H,16,17). The smallest absolute Gasteiger partial charge is 0.281 e. The molecule has 1 heterocycles. The van der Waals surface area contributed by atoms with Gasteiger partial charge in [0.2, 0.25) is 5.03 Å². The Morgan fingerprint density at radius 3 is 2.48 bits per heavy atom. The number of sulfonamides is 1. The van der Waals surface area contributed by atoms with Crippen molar-refractivity contribution in [2.24, 2.45) is 0 Å². The van der Waals surface area contributed by atoms with Gasteiger partial charge in [-0.3, -0.25) is 9.82 Å². The molecular formula is C12H14Cl2N4O2S. The highest BCUT2D eigenvalue weighted by Crippen LogP contribution is 2.32. The van der Waals surface area contributed by atoms with E-state index in [0.717, 1.165) is 0 Å². The number of hydrogen-bond acceptors (Lipinski definition) is 4. The molecule has 0 saturated carbocycles. The molecule has 0 atom stereocenters. The lowest BCUT2D eigenvalue weighted by molar-refractivity contribution is 0.595. The van der Waals surface area contributed by atoms with Gasteiger partial charge >= 0.3 is 0 Å². The summed E-state index contributed by atoms with van der Waals surface area (Å²) >= 11 is 12.0. The minimum absolute atomic E-state index is 0.0784. The summed E-state index contributed by atoms with van der Waals surface area (Å²) in [5.41, 5.74) is 1.38. The van der Waals surface area contributed by atoms with Crippen molar-refractivity contribution in [3.05, 3.63) is 39.5 Å². The van der Waals surface area contributed by atoms with E-state index in [0.29, 0.717) is 17.8 Å². The molecule has 0 spiro atoms. The number of aromatic nitrogens is 2. The topological polar surface area (TPSA) is 86.9 Å². The largest absolute Gasteiger partial charge is 0.316 e. The zero-order chi connectivity index (χ0) is 15.6. The van der Waals surface area contributed by atoms with Gasteiger partial charge in [0.15, 0.2) is 0 Å². The third-order valence-corrected chi connectivity index (χ3v) is 4.79. The predicted molar refractivity (Wildman–Crippen MR) is 83.4 cm³/mol. The lowest BCUT2D eigenvalue weighted by Crippen LogP contribution is -2.18. The monoisotopic (exact) mass is 348 g/mol. The molecule has 0 bridgehead atoms. The number of rotatable bonds is 5. The van der Waals surface area contributed by atoms with Crippen molar-refractivity contribution in [3.8, 4) is 0 Å². The van der Waals surface area contributed by atoms with Crippen LogP contribution in [-0.2, 0) is 16.6 Å². The second-order valence-corrected chi connectivity index (χ2v) is 6.78. The van der Waals surface area contributed by atoms with E-state index in [9.17, 15) is 8.42 Å². The Morgan fingerprint density at radius 1 is 1.29 bits per heavy atom. The first kappa shape index (κ1) is 16.1. The number of halogens is 2. The number of aryl methyl sites for hydroxylation is 1. The maximum absolute atomic E-state index is 12.5. The molecule has 0 unspecified atom stereocenters. The number of nitrogens with zero attached hydrogens (tertiary/aromatic N) is 1. The first-order chi connectivity index (χ1) is 9.86. The summed E-state index contributed by atoms with van der Waals surface area (Å²) in [6.45, 7) is 2.12. The fourth-order valence-electron chi connectivity index (χ4n) is 1.82. The summed E-state index contributed by atoms with van der Waals surface area (Å²) in [5.74, 6) is 0. The molecule has 0 amide bonds. The van der Waals surface area contributed by atoms with Crippen LogP contribution in [0.25, 0.3) is 0 Å². The molecule has 0 radical (unpaired) electrons. The van der Waals surface area contributed by atoms with Crippen molar-refractivity contribution in [2.75, 3.05) is 11.8 Å². The molecule has 3 N–H and O–H groups in total. The van der Waals surface area contributed by atoms with Gasteiger partial charge in [0.05, 0.1) is 15.7 Å². The average molecular weight is 349 g/mol. The minimum Gasteiger partial charge on any atom is -0.316 e. The predicted octanol–water partition coefficient (Wildman–Crippen LogP) is 2.55. The molecule has 0 aliphatic rings. The minimum atomic E-state index is -3.89. The second kappa shape index (κ2) is 6.23. The highest BCUT2D eigenvalue weighted by atomic mass is 35.5. The summed E-state index contributed by atoms with van der Waals surface area (Å²) in [7, 11) is -2.17. The summed E-state index contributed by atoms with van der Waals surface area (Å²) in [4.78, 5) is 0. The Labute approximate surface area is 132 Å². The molecule has 1 aromatic carbocycles. The molecule has 2 aromatic rings. The Kier molecular flexibility index (Phi) is 4.77. The number of aromatic amines is 1. The van der Waals surface area contributed by atoms with E-state index >= 15 is 0 Å². The molecule has 21 heavy (non-hydrogen) atoms. The summed E-state index contributed by atoms with van der Waals surface area (Å²) in [6.07, 6.45) is 0. The highest BCUT2D eigenvalue weighted by Gasteiger charge is 2.25. The Morgan fingerprint density at radius 2 is 1.90 bits per heavy atom. The van der Waals surface area contributed by atoms with E-state index in [4.69, 9.17) is 23.2 Å². The SMILES string of the molecule is CNCc1c(S(=O)(=O)Nc2c(Cl)cccc2Cl)n[nH]c1C. The lowest BCUT2D eigenvalue weighted by Gasteiger charge is -2.11. The van der Waals surface area contributed by atoms with E-state index in [-0.39, 0.29) is 20.8 Å². The Bertz CT molecular complexity index is 738. The zero-order valence-electron chi connectivity index (χ0n) is 11.4. The number of nitrogens with one attached hydrogen (secondary N) is 3. The molecule has 0 saturated heterocycles. The van der Waals surface area contributed by atoms with Gasteiger partial charge in [-0.15, -0.1) is 0 Å². The third kappa shape index (κ3) is 3.32. The number of benzene rings is 1. The first-order valence-corrected chi connectivity index (χ1v) is 8.26. The van der Waals surface area contributed by atoms with Gasteiger partial charge in [-0.1, -0.05) is 29.3 Å². The van der Waals surface area contributed by atoms with Crippen LogP contribution in [-0.4, -0.2) is 25.7 Å². The van der Waals surface area contributed by atoms with Crippen molar-refractivity contribution < 1.29 is 8.42 Å². The van der Waals surface area contributed by atoms with Gasteiger partial charge in [-0.05, 0) is 26.1 Å². The fourth-order valence-corrected chi connectivity index (χ4v) is 3.72. The van der Waals surface area contributed by atoms with Gasteiger partial charge in [0.25, 0.3) is 10.0 Å². The van der Waals surface area contributed by atoms with E-state index in [2.05, 4.69) is 20.2 Å². The number of anilines is 1. The molecule has 0 fully saturated rings. The highest BCUT2D eigenvalue weighted by molar-refractivity contribution is 7.92. The lowest BCUT2D eigenvalue weighted by atomic mass is 10.3. The van der Waals surface area contributed by atoms with E-state index < -0.39 is 10.0 Å². The van der Waals surface area contributed by atoms with Crippen LogP contribution in [0.2, 0.25) is 10.0 Å². The summed E-state index contributed by atoms with van der Waals surface area (Å²) in [6, 6.07) is 4.73. The fraction of sp³-hybridized carbons (Fsp3) is 0.250. The maximum atomic E-state index is 12.5. The van der Waals surface area contributed by atoms with Crippen molar-refractivity contribution >= 4 is 38.9 Å². The van der Waals surface area contributed by atoms with Crippen molar-refractivity contribution in [2.45, 2.75) is 18.5 Å². The first-order valence-electron chi connectivity index (χ1n) is 6.02. The molecule has 0 aliphatic heterocycles. The Hall–Kier alpha value is -1.28. The normalized spacial score (nSPS) is 11.6. The number of hydrogen-bond donors (Lipinski definition) is 3. The van der Waals surface area contributed by atoms with Gasteiger partial charge in [-0.25, -0.2) is 0 Å². The van der Waals surface area contributed by atoms with Crippen LogP contribution in [0.15, 0.2) is 23.2 Å². The second-order valence-electron chi connectivity index (χ2n) is 4.36. The molecule has 0 aliphatic carbocycles. The van der Waals surface area contributed by atoms with Crippen LogP contribution in [0.4, 0.5) is 5.69 Å². The van der Waals surface area contributed by atoms with Crippen LogP contribution >= 0.6 is 23.2 Å². The number of H-pyrrole nitrogens is 1. The zero-order valence-corrected chi connectivity index (χ0v) is 13.7. The van der Waals surface area contributed by atoms with Gasteiger partial charge in [0, 0.05) is 17.8 Å². The quantitative estimate of drug-likeness (QED) is 0.774. The Balaban J connectivity index is 2.44. The molecule has 9 heteroatoms. The van der Waals surface area contributed by atoms with Crippen LogP contribution in [0.5, 0.6) is 0 Å². The van der Waals surface area contributed by atoms with Gasteiger partial charge in [0.1, 0.15) is 0 Å². The summed E-state index contributed by atoms with van der Waals surface area (Å²) in [5, 5.41) is 9.79. The van der Waals surface area contributed by atoms with E-state index in [1.54, 1.807) is 32.2 Å². The average Bonchev–Trinajstić information content (AvgIpc) is 2.77. The summed E-state index contributed by atoms with van der Waals surface area (Å²) < 4.78 is 27.3. The molecule has 2 rings (SSSR count). The van der Waals surface area contributed by atoms with Crippen LogP contribution < -0.4 is 10.0 Å². The molecule has 114 valence electrons. The number of para-hydroxylation sites is 1. The van der Waals surface area contributed by atoms with Crippen molar-refractivity contribution in [3.63, 3.8) is 0 Å². The van der Waals surface area contributed by atoms with Crippen LogP contribution in [0, 0.1) is 6.92 Å². The maximum Gasteiger partial charge on any atom is 0.281 e. The molecule has 1 aromatic heterocycles. The third-order valence-electron chi connectivity index (χ3n) is 2.84. The van der Waals surface area contributed by atoms with Crippen molar-refractivity contribution in [1.82, 2.24) is 15.5 Å². The van der Waals surface area contributed by atoms with E-state index in [1.807, 2.05) is 0 Å². The molecular weight excluding hydrogens is 335 g/mol. The van der Waals surface area contributed by atoms with E-state index in [1.165, 1.54) is 0 Å². The van der Waals surface area contributed by atoms with Gasteiger partial charge in [-0.2, -0.15) is 13.5 Å². The molecule has 6 nitrogen and oxygen atoms in total. The van der Waals surface area contributed by atoms with Crippen LogP contribution in [0.1, 0.15) is 11.3 Å². The van der Waals surface area contributed by atoms with Crippen molar-refractivity contribution in [1.29, 1.82) is 0 Å².